The van der Waals surface area contributed by atoms with E-state index in [-0.39, 0.29) is 4.90 Å². The maximum atomic E-state index is 12.2. The largest absolute Gasteiger partial charge is 0.393 e. The van der Waals surface area contributed by atoms with Crippen LogP contribution in [0.4, 0.5) is 5.69 Å². The number of thiocarbonyl (C=S) groups is 1. The number of aryl methyl sites for hydroxylation is 1. The fraction of sp³-hybridized carbons (Fsp3) is 0.133. The highest BCUT2D eigenvalue weighted by molar-refractivity contribution is 7.92. The van der Waals surface area contributed by atoms with Crippen molar-refractivity contribution >= 4 is 32.9 Å². The van der Waals surface area contributed by atoms with E-state index in [1.807, 2.05) is 6.92 Å². The molecule has 0 heterocycles. The lowest BCUT2D eigenvalue weighted by atomic mass is 10.1. The third-order valence-corrected chi connectivity index (χ3v) is 4.46. The van der Waals surface area contributed by atoms with Crippen LogP contribution < -0.4 is 10.5 Å². The zero-order valence-corrected chi connectivity index (χ0v) is 13.2. The van der Waals surface area contributed by atoms with Crippen molar-refractivity contribution in [3.8, 4) is 0 Å². The molecule has 110 valence electrons. The molecule has 0 bridgehead atoms. The van der Waals surface area contributed by atoms with Gasteiger partial charge in [0.2, 0.25) is 0 Å². The molecule has 0 amide bonds. The standard InChI is InChI=1S/C15H16N2O2S2/c1-11-2-8-14(9-3-11)21(18,19)17-13-6-4-12(5-7-13)10-15(16)20/h2-9,17H,10H2,1H3,(H2,16,20). The number of nitrogens with two attached hydrogens (primary N) is 1. The van der Waals surface area contributed by atoms with E-state index >= 15 is 0 Å². The number of hydrogen-bond acceptors (Lipinski definition) is 3. The summed E-state index contributed by atoms with van der Waals surface area (Å²) >= 11 is 4.84. The van der Waals surface area contributed by atoms with Gasteiger partial charge >= 0.3 is 0 Å². The third kappa shape index (κ3) is 4.27. The lowest BCUT2D eigenvalue weighted by Crippen LogP contribution is -2.13. The van der Waals surface area contributed by atoms with Crippen molar-refractivity contribution in [2.75, 3.05) is 4.72 Å². The first-order chi connectivity index (χ1) is 9.87. The molecular formula is C15H16N2O2S2. The number of rotatable bonds is 5. The SMILES string of the molecule is Cc1ccc(S(=O)(=O)Nc2ccc(CC(N)=S)cc2)cc1. The van der Waals surface area contributed by atoms with Gasteiger partial charge in [0, 0.05) is 12.1 Å². The van der Waals surface area contributed by atoms with Crippen molar-refractivity contribution in [3.05, 3.63) is 59.7 Å². The van der Waals surface area contributed by atoms with Gasteiger partial charge in [-0.15, -0.1) is 0 Å². The number of sulfonamides is 1. The molecule has 0 unspecified atom stereocenters. The number of anilines is 1. The van der Waals surface area contributed by atoms with E-state index in [4.69, 9.17) is 18.0 Å². The average molecular weight is 320 g/mol. The first-order valence-corrected chi connectivity index (χ1v) is 8.23. The molecule has 21 heavy (non-hydrogen) atoms. The maximum Gasteiger partial charge on any atom is 0.261 e. The molecule has 2 rings (SSSR count). The Balaban J connectivity index is 2.16. The molecule has 0 aliphatic carbocycles. The van der Waals surface area contributed by atoms with Crippen LogP contribution in [0, 0.1) is 6.92 Å². The van der Waals surface area contributed by atoms with Gasteiger partial charge in [0.05, 0.1) is 9.88 Å². The van der Waals surface area contributed by atoms with Gasteiger partial charge in [-0.3, -0.25) is 4.72 Å². The summed E-state index contributed by atoms with van der Waals surface area (Å²) in [4.78, 5) is 0.642. The second-order valence-corrected chi connectivity index (χ2v) is 6.97. The molecule has 3 N–H and O–H groups in total. The Bertz CT molecular complexity index is 736. The second-order valence-electron chi connectivity index (χ2n) is 4.76. The van der Waals surface area contributed by atoms with E-state index in [1.54, 1.807) is 48.5 Å². The summed E-state index contributed by atoms with van der Waals surface area (Å²) in [5, 5.41) is 0. The van der Waals surface area contributed by atoms with Crippen molar-refractivity contribution in [3.63, 3.8) is 0 Å². The van der Waals surface area contributed by atoms with Crippen molar-refractivity contribution in [1.29, 1.82) is 0 Å². The van der Waals surface area contributed by atoms with Gasteiger partial charge in [-0.25, -0.2) is 8.42 Å². The highest BCUT2D eigenvalue weighted by atomic mass is 32.2. The minimum absolute atomic E-state index is 0.236. The smallest absolute Gasteiger partial charge is 0.261 e. The lowest BCUT2D eigenvalue weighted by molar-refractivity contribution is 0.601. The molecule has 0 fully saturated rings. The topological polar surface area (TPSA) is 72.2 Å². The predicted octanol–water partition coefficient (Wildman–Crippen LogP) is 2.62. The fourth-order valence-electron chi connectivity index (χ4n) is 1.82. The Morgan fingerprint density at radius 1 is 1.10 bits per heavy atom. The zero-order valence-electron chi connectivity index (χ0n) is 11.5. The summed E-state index contributed by atoms with van der Waals surface area (Å²) in [7, 11) is -3.57. The molecule has 0 aliphatic rings. The molecule has 0 saturated heterocycles. The third-order valence-electron chi connectivity index (χ3n) is 2.92. The van der Waals surface area contributed by atoms with Crippen LogP contribution >= 0.6 is 12.2 Å². The van der Waals surface area contributed by atoms with Gasteiger partial charge in [-0.1, -0.05) is 42.0 Å². The van der Waals surface area contributed by atoms with Crippen LogP contribution in [0.2, 0.25) is 0 Å². The summed E-state index contributed by atoms with van der Waals surface area (Å²) in [6.45, 7) is 1.91. The minimum Gasteiger partial charge on any atom is -0.393 e. The highest BCUT2D eigenvalue weighted by Gasteiger charge is 2.13. The summed E-state index contributed by atoms with van der Waals surface area (Å²) in [5.74, 6) is 0. The fourth-order valence-corrected chi connectivity index (χ4v) is 3.05. The summed E-state index contributed by atoms with van der Waals surface area (Å²) < 4.78 is 27.0. The van der Waals surface area contributed by atoms with Crippen LogP contribution in [-0.4, -0.2) is 13.4 Å². The Morgan fingerprint density at radius 3 is 2.19 bits per heavy atom. The van der Waals surface area contributed by atoms with E-state index in [2.05, 4.69) is 4.72 Å². The van der Waals surface area contributed by atoms with Crippen molar-refractivity contribution in [1.82, 2.24) is 0 Å². The lowest BCUT2D eigenvalue weighted by Gasteiger charge is -2.09. The Kier molecular flexibility index (Phi) is 4.59. The molecule has 0 radical (unpaired) electrons. The predicted molar refractivity (Wildman–Crippen MR) is 88.9 cm³/mol. The molecule has 0 saturated carbocycles. The molecule has 0 spiro atoms. The summed E-state index contributed by atoms with van der Waals surface area (Å²) in [6, 6.07) is 13.7. The second kappa shape index (κ2) is 6.24. The molecule has 0 atom stereocenters. The summed E-state index contributed by atoms with van der Waals surface area (Å²) in [6.07, 6.45) is 0.500. The van der Waals surface area contributed by atoms with Gasteiger partial charge < -0.3 is 5.73 Å². The van der Waals surface area contributed by atoms with Crippen LogP contribution in [0.1, 0.15) is 11.1 Å². The zero-order chi connectivity index (χ0) is 15.5. The number of benzene rings is 2. The van der Waals surface area contributed by atoms with E-state index < -0.39 is 10.0 Å². The first-order valence-electron chi connectivity index (χ1n) is 6.33. The van der Waals surface area contributed by atoms with Gasteiger partial charge in [-0.2, -0.15) is 0 Å². The van der Waals surface area contributed by atoms with Crippen molar-refractivity contribution < 1.29 is 8.42 Å². The normalized spacial score (nSPS) is 11.1. The van der Waals surface area contributed by atoms with E-state index in [1.165, 1.54) is 0 Å². The molecular weight excluding hydrogens is 304 g/mol. The minimum atomic E-state index is -3.57. The van der Waals surface area contributed by atoms with Crippen LogP contribution in [0.5, 0.6) is 0 Å². The molecule has 0 aromatic heterocycles. The van der Waals surface area contributed by atoms with Gasteiger partial charge in [0.15, 0.2) is 0 Å². The number of hydrogen-bond donors (Lipinski definition) is 2. The van der Waals surface area contributed by atoms with E-state index in [9.17, 15) is 8.42 Å². The monoisotopic (exact) mass is 320 g/mol. The molecule has 6 heteroatoms. The van der Waals surface area contributed by atoms with Crippen molar-refractivity contribution in [2.45, 2.75) is 18.2 Å². The van der Waals surface area contributed by atoms with Crippen LogP contribution in [-0.2, 0) is 16.4 Å². The Hall–Kier alpha value is -1.92. The maximum absolute atomic E-state index is 12.2. The van der Waals surface area contributed by atoms with Gasteiger partial charge in [0.1, 0.15) is 0 Å². The Morgan fingerprint density at radius 2 is 1.67 bits per heavy atom. The molecule has 2 aromatic rings. The van der Waals surface area contributed by atoms with Crippen LogP contribution in [0.3, 0.4) is 0 Å². The number of nitrogens with one attached hydrogen (secondary N) is 1. The average Bonchev–Trinajstić information content (AvgIpc) is 2.40. The Labute approximate surface area is 130 Å². The van der Waals surface area contributed by atoms with E-state index in [0.29, 0.717) is 17.1 Å². The summed E-state index contributed by atoms with van der Waals surface area (Å²) in [5.41, 5.74) is 7.93. The highest BCUT2D eigenvalue weighted by Crippen LogP contribution is 2.17. The van der Waals surface area contributed by atoms with Crippen LogP contribution in [0.15, 0.2) is 53.4 Å². The van der Waals surface area contributed by atoms with E-state index in [0.717, 1.165) is 11.1 Å². The van der Waals surface area contributed by atoms with Gasteiger partial charge in [0.25, 0.3) is 10.0 Å². The first kappa shape index (κ1) is 15.5. The molecule has 0 aliphatic heterocycles. The quantitative estimate of drug-likeness (QED) is 0.831. The van der Waals surface area contributed by atoms with Crippen molar-refractivity contribution in [2.24, 2.45) is 5.73 Å². The molecule has 2 aromatic carbocycles. The van der Waals surface area contributed by atoms with Crippen LogP contribution in [0.25, 0.3) is 0 Å². The molecule has 4 nitrogen and oxygen atoms in total. The van der Waals surface area contributed by atoms with Gasteiger partial charge in [-0.05, 0) is 36.8 Å².